The summed E-state index contributed by atoms with van der Waals surface area (Å²) in [5.41, 5.74) is 1.65. The van der Waals surface area contributed by atoms with Gasteiger partial charge in [-0.2, -0.15) is 0 Å². The van der Waals surface area contributed by atoms with Crippen molar-refractivity contribution in [2.24, 2.45) is 5.92 Å². The highest BCUT2D eigenvalue weighted by atomic mass is 32.1. The molecule has 5 rings (SSSR count). The van der Waals surface area contributed by atoms with Gasteiger partial charge >= 0.3 is 0 Å². The Morgan fingerprint density at radius 2 is 1.72 bits per heavy atom. The van der Waals surface area contributed by atoms with Crippen molar-refractivity contribution < 1.29 is 9.59 Å². The summed E-state index contributed by atoms with van der Waals surface area (Å²) in [6.45, 7) is 1.06. The van der Waals surface area contributed by atoms with Gasteiger partial charge in [0.15, 0.2) is 0 Å². The molecule has 0 spiro atoms. The van der Waals surface area contributed by atoms with Crippen LogP contribution >= 0.6 is 11.3 Å². The molecule has 0 aliphatic carbocycles. The summed E-state index contributed by atoms with van der Waals surface area (Å²) in [5, 5.41) is 14.4. The van der Waals surface area contributed by atoms with Gasteiger partial charge in [0.1, 0.15) is 5.01 Å². The molecular formula is C25H22N4O2S. The van der Waals surface area contributed by atoms with Gasteiger partial charge in [-0.15, -0.1) is 10.2 Å². The number of likely N-dealkylation sites (tertiary alicyclic amines) is 1. The molecule has 1 unspecified atom stereocenters. The molecule has 1 aliphatic heterocycles. The first-order valence-electron chi connectivity index (χ1n) is 10.7. The Labute approximate surface area is 189 Å². The Hall–Kier alpha value is -3.58. The summed E-state index contributed by atoms with van der Waals surface area (Å²) >= 11 is 1.35. The second-order valence-electron chi connectivity index (χ2n) is 7.88. The first-order chi connectivity index (χ1) is 15.7. The van der Waals surface area contributed by atoms with Gasteiger partial charge in [0, 0.05) is 24.2 Å². The van der Waals surface area contributed by atoms with Gasteiger partial charge < -0.3 is 10.2 Å². The van der Waals surface area contributed by atoms with Crippen molar-refractivity contribution in [3.05, 3.63) is 78.4 Å². The highest BCUT2D eigenvalue weighted by Gasteiger charge is 2.30. The third kappa shape index (κ3) is 4.11. The number of carbonyl (C=O) groups excluding carboxylic acids is 2. The van der Waals surface area contributed by atoms with Crippen LogP contribution in [0.2, 0.25) is 0 Å². The van der Waals surface area contributed by atoms with E-state index >= 15 is 0 Å². The molecule has 32 heavy (non-hydrogen) atoms. The molecule has 0 radical (unpaired) electrons. The van der Waals surface area contributed by atoms with Crippen molar-refractivity contribution >= 4 is 39.1 Å². The average molecular weight is 443 g/mol. The molecule has 1 aliphatic rings. The van der Waals surface area contributed by atoms with Gasteiger partial charge in [-0.25, -0.2) is 0 Å². The Morgan fingerprint density at radius 1 is 0.938 bits per heavy atom. The summed E-state index contributed by atoms with van der Waals surface area (Å²) in [5.74, 6) is -0.412. The Kier molecular flexibility index (Phi) is 5.64. The first-order valence-corrected chi connectivity index (χ1v) is 11.5. The molecule has 1 atom stereocenters. The van der Waals surface area contributed by atoms with Gasteiger partial charge in [0.25, 0.3) is 5.91 Å². The number of nitrogens with zero attached hydrogens (tertiary/aromatic N) is 3. The monoisotopic (exact) mass is 442 g/mol. The predicted molar refractivity (Wildman–Crippen MR) is 127 cm³/mol. The number of piperidine rings is 1. The molecule has 2 amide bonds. The van der Waals surface area contributed by atoms with Crippen LogP contribution in [0.25, 0.3) is 21.3 Å². The summed E-state index contributed by atoms with van der Waals surface area (Å²) in [6, 6.07) is 23.4. The van der Waals surface area contributed by atoms with Crippen LogP contribution in [0.15, 0.2) is 72.8 Å². The van der Waals surface area contributed by atoms with Crippen LogP contribution < -0.4 is 5.32 Å². The lowest BCUT2D eigenvalue weighted by molar-refractivity contribution is -0.121. The Bertz CT molecular complexity index is 1270. The number of anilines is 1. The topological polar surface area (TPSA) is 75.2 Å². The van der Waals surface area contributed by atoms with E-state index in [4.69, 9.17) is 0 Å². The number of hydrogen-bond acceptors (Lipinski definition) is 5. The highest BCUT2D eigenvalue weighted by Crippen LogP contribution is 2.28. The zero-order valence-corrected chi connectivity index (χ0v) is 18.2. The molecule has 0 saturated carbocycles. The van der Waals surface area contributed by atoms with Gasteiger partial charge in [-0.3, -0.25) is 9.59 Å². The fraction of sp³-hybridized carbons (Fsp3) is 0.200. The molecule has 1 N–H and O–H groups in total. The molecule has 1 saturated heterocycles. The van der Waals surface area contributed by atoms with Crippen LogP contribution in [-0.2, 0) is 4.79 Å². The zero-order valence-electron chi connectivity index (χ0n) is 17.4. The van der Waals surface area contributed by atoms with Crippen LogP contribution in [0.1, 0.15) is 23.2 Å². The number of benzene rings is 3. The van der Waals surface area contributed by atoms with Crippen molar-refractivity contribution in [1.82, 2.24) is 15.1 Å². The van der Waals surface area contributed by atoms with Crippen LogP contribution in [0.3, 0.4) is 0 Å². The van der Waals surface area contributed by atoms with Gasteiger partial charge in [0.05, 0.1) is 5.92 Å². The maximum atomic E-state index is 13.3. The maximum Gasteiger partial charge on any atom is 0.254 e. The van der Waals surface area contributed by atoms with Gasteiger partial charge in [0.2, 0.25) is 11.0 Å². The summed E-state index contributed by atoms with van der Waals surface area (Å²) < 4.78 is 0. The molecular weight excluding hydrogens is 420 g/mol. The molecule has 2 heterocycles. The third-order valence-electron chi connectivity index (χ3n) is 5.78. The van der Waals surface area contributed by atoms with Crippen LogP contribution in [0.5, 0.6) is 0 Å². The minimum absolute atomic E-state index is 0.0263. The van der Waals surface area contributed by atoms with Crippen LogP contribution in [0.4, 0.5) is 5.13 Å². The quantitative estimate of drug-likeness (QED) is 0.490. The molecule has 160 valence electrons. The summed E-state index contributed by atoms with van der Waals surface area (Å²) in [4.78, 5) is 28.0. The molecule has 1 aromatic heterocycles. The average Bonchev–Trinajstić information content (AvgIpc) is 3.32. The number of rotatable bonds is 4. The van der Waals surface area contributed by atoms with E-state index in [1.54, 1.807) is 4.90 Å². The minimum Gasteiger partial charge on any atom is -0.338 e. The van der Waals surface area contributed by atoms with Crippen LogP contribution in [0, 0.1) is 5.92 Å². The van der Waals surface area contributed by atoms with E-state index in [1.807, 2.05) is 72.8 Å². The largest absolute Gasteiger partial charge is 0.338 e. The van der Waals surface area contributed by atoms with Crippen molar-refractivity contribution in [3.8, 4) is 10.6 Å². The second-order valence-corrected chi connectivity index (χ2v) is 8.86. The lowest BCUT2D eigenvalue weighted by atomic mass is 9.95. The number of carbonyl (C=O) groups is 2. The lowest BCUT2D eigenvalue weighted by Gasteiger charge is -2.32. The summed E-state index contributed by atoms with van der Waals surface area (Å²) in [6.07, 6.45) is 1.54. The lowest BCUT2D eigenvalue weighted by Crippen LogP contribution is -2.43. The molecule has 0 bridgehead atoms. The van der Waals surface area contributed by atoms with Gasteiger partial charge in [-0.05, 0) is 29.7 Å². The summed E-state index contributed by atoms with van der Waals surface area (Å²) in [7, 11) is 0. The number of hydrogen-bond donors (Lipinski definition) is 1. The molecule has 6 nitrogen and oxygen atoms in total. The fourth-order valence-corrected chi connectivity index (χ4v) is 4.89. The smallest absolute Gasteiger partial charge is 0.254 e. The highest BCUT2D eigenvalue weighted by molar-refractivity contribution is 7.18. The third-order valence-corrected chi connectivity index (χ3v) is 6.66. The van der Waals surface area contributed by atoms with E-state index in [0.717, 1.165) is 34.2 Å². The van der Waals surface area contributed by atoms with Crippen molar-refractivity contribution in [2.75, 3.05) is 18.4 Å². The van der Waals surface area contributed by atoms with Gasteiger partial charge in [-0.1, -0.05) is 78.1 Å². The van der Waals surface area contributed by atoms with E-state index in [-0.39, 0.29) is 17.7 Å². The van der Waals surface area contributed by atoms with Crippen molar-refractivity contribution in [2.45, 2.75) is 12.8 Å². The number of aromatic nitrogens is 2. The number of fused-ring (bicyclic) bond motifs is 1. The van der Waals surface area contributed by atoms with Crippen molar-refractivity contribution in [1.29, 1.82) is 0 Å². The van der Waals surface area contributed by atoms with Crippen molar-refractivity contribution in [3.63, 3.8) is 0 Å². The predicted octanol–water partition coefficient (Wildman–Crippen LogP) is 4.85. The first kappa shape index (κ1) is 20.3. The number of nitrogens with one attached hydrogen (secondary N) is 1. The van der Waals surface area contributed by atoms with E-state index < -0.39 is 0 Å². The fourth-order valence-electron chi connectivity index (χ4n) is 4.14. The second kappa shape index (κ2) is 8.88. The van der Waals surface area contributed by atoms with E-state index in [2.05, 4.69) is 15.5 Å². The Balaban J connectivity index is 1.28. The molecule has 1 fully saturated rings. The molecule has 7 heteroatoms. The normalized spacial score (nSPS) is 16.1. The zero-order chi connectivity index (χ0) is 21.9. The standard InChI is InChI=1S/C25H22N4O2S/c30-22(26-25-28-27-23(32-25)18-9-2-1-3-10-18)19-12-7-15-29(16-19)24(31)21-14-6-11-17-8-4-5-13-20(17)21/h1-6,8-11,13-14,19H,7,12,15-16H2,(H,26,28,30). The minimum atomic E-state index is -0.272. The van der Waals surface area contributed by atoms with E-state index in [9.17, 15) is 9.59 Å². The van der Waals surface area contributed by atoms with E-state index in [0.29, 0.717) is 23.8 Å². The van der Waals surface area contributed by atoms with Crippen LogP contribution in [-0.4, -0.2) is 40.0 Å². The number of amides is 2. The SMILES string of the molecule is O=C(Nc1nnc(-c2ccccc2)s1)C1CCCN(C(=O)c2cccc3ccccc23)C1. The molecule has 3 aromatic carbocycles. The Morgan fingerprint density at radius 3 is 2.59 bits per heavy atom. The molecule has 4 aromatic rings. The van der Waals surface area contributed by atoms with E-state index in [1.165, 1.54) is 11.3 Å². The maximum absolute atomic E-state index is 13.3.